The zero-order valence-corrected chi connectivity index (χ0v) is 16.3. The number of rotatable bonds is 7. The minimum atomic E-state index is -0.0441. The number of benzene rings is 2. The molecule has 1 amide bonds. The third kappa shape index (κ3) is 5.10. The van der Waals surface area contributed by atoms with E-state index in [1.807, 2.05) is 55.5 Å². The van der Waals surface area contributed by atoms with Crippen LogP contribution in [0.4, 0.5) is 5.69 Å². The Hall–Kier alpha value is -2.80. The lowest BCUT2D eigenvalue weighted by Crippen LogP contribution is -2.27. The van der Waals surface area contributed by atoms with E-state index in [9.17, 15) is 4.79 Å². The lowest BCUT2D eigenvalue weighted by Gasteiger charge is -2.16. The van der Waals surface area contributed by atoms with Gasteiger partial charge in [0, 0.05) is 12.7 Å². The third-order valence-corrected chi connectivity index (χ3v) is 4.93. The van der Waals surface area contributed by atoms with E-state index in [4.69, 9.17) is 9.15 Å². The molecule has 7 heteroatoms. The number of nitrogens with zero attached hydrogens (tertiary/aromatic N) is 3. The number of thioether (sulfide) groups is 1. The van der Waals surface area contributed by atoms with E-state index in [0.29, 0.717) is 11.1 Å². The molecule has 0 bridgehead atoms. The molecule has 0 N–H and O–H groups in total. The van der Waals surface area contributed by atoms with E-state index in [2.05, 4.69) is 17.1 Å². The molecule has 0 spiro atoms. The SMILES string of the molecule is Cc1ccc(OCc2nnc(SCC(=O)N(C)c3ccccc3)o2)cc1C. The van der Waals surface area contributed by atoms with Gasteiger partial charge >= 0.3 is 0 Å². The van der Waals surface area contributed by atoms with Gasteiger partial charge in [-0.1, -0.05) is 36.0 Å². The average Bonchev–Trinajstić information content (AvgIpc) is 3.15. The monoisotopic (exact) mass is 383 g/mol. The standard InChI is InChI=1S/C20H21N3O3S/c1-14-9-10-17(11-15(14)2)25-12-18-21-22-20(26-18)27-13-19(24)23(3)16-7-5-4-6-8-16/h4-11H,12-13H2,1-3H3. The second-order valence-corrected chi connectivity index (χ2v) is 7.00. The molecular formula is C20H21N3O3S. The number of para-hydroxylation sites is 1. The highest BCUT2D eigenvalue weighted by atomic mass is 32.2. The van der Waals surface area contributed by atoms with Gasteiger partial charge in [-0.3, -0.25) is 4.79 Å². The van der Waals surface area contributed by atoms with Gasteiger partial charge < -0.3 is 14.1 Å². The van der Waals surface area contributed by atoms with E-state index in [0.717, 1.165) is 17.0 Å². The lowest BCUT2D eigenvalue weighted by atomic mass is 10.1. The first-order valence-corrected chi connectivity index (χ1v) is 9.48. The largest absolute Gasteiger partial charge is 0.484 e. The fraction of sp³-hybridized carbons (Fsp3) is 0.250. The molecular weight excluding hydrogens is 362 g/mol. The smallest absolute Gasteiger partial charge is 0.277 e. The summed E-state index contributed by atoms with van der Waals surface area (Å²) in [7, 11) is 1.74. The van der Waals surface area contributed by atoms with Crippen LogP contribution >= 0.6 is 11.8 Å². The summed E-state index contributed by atoms with van der Waals surface area (Å²) in [6.07, 6.45) is 0. The number of aromatic nitrogens is 2. The predicted octanol–water partition coefficient (Wildman–Crippen LogP) is 4.02. The molecule has 0 saturated carbocycles. The van der Waals surface area contributed by atoms with Crippen LogP contribution in [0, 0.1) is 13.8 Å². The van der Waals surface area contributed by atoms with Gasteiger partial charge in [-0.15, -0.1) is 10.2 Å². The molecule has 3 rings (SSSR count). The van der Waals surface area contributed by atoms with Crippen molar-refractivity contribution in [2.24, 2.45) is 0 Å². The summed E-state index contributed by atoms with van der Waals surface area (Å²) >= 11 is 1.21. The molecule has 0 aliphatic rings. The van der Waals surface area contributed by atoms with Crippen LogP contribution in [-0.4, -0.2) is 28.9 Å². The van der Waals surface area contributed by atoms with E-state index < -0.39 is 0 Å². The van der Waals surface area contributed by atoms with Gasteiger partial charge in [0.1, 0.15) is 5.75 Å². The number of ether oxygens (including phenoxy) is 1. The summed E-state index contributed by atoms with van der Waals surface area (Å²) < 4.78 is 11.2. The Kier molecular flexibility index (Phi) is 6.13. The fourth-order valence-electron chi connectivity index (χ4n) is 2.32. The van der Waals surface area contributed by atoms with Gasteiger partial charge in [0.05, 0.1) is 5.75 Å². The normalized spacial score (nSPS) is 10.6. The molecule has 0 saturated heterocycles. The number of anilines is 1. The van der Waals surface area contributed by atoms with Crippen molar-refractivity contribution in [3.63, 3.8) is 0 Å². The second-order valence-electron chi connectivity index (χ2n) is 6.07. The third-order valence-electron chi connectivity index (χ3n) is 4.13. The zero-order chi connectivity index (χ0) is 19.2. The highest BCUT2D eigenvalue weighted by molar-refractivity contribution is 7.99. The maximum Gasteiger partial charge on any atom is 0.277 e. The number of hydrogen-bond acceptors (Lipinski definition) is 6. The number of carbonyl (C=O) groups is 1. The molecule has 3 aromatic rings. The summed E-state index contributed by atoms with van der Waals surface area (Å²) in [6, 6.07) is 15.4. The Labute approximate surface area is 162 Å². The van der Waals surface area contributed by atoms with Crippen LogP contribution in [0.2, 0.25) is 0 Å². The maximum absolute atomic E-state index is 12.3. The number of carbonyl (C=O) groups excluding carboxylic acids is 1. The van der Waals surface area contributed by atoms with Crippen molar-refractivity contribution in [1.82, 2.24) is 10.2 Å². The quantitative estimate of drug-likeness (QED) is 0.574. The van der Waals surface area contributed by atoms with E-state index in [1.165, 1.54) is 17.3 Å². The molecule has 0 aliphatic heterocycles. The van der Waals surface area contributed by atoms with Crippen molar-refractivity contribution >= 4 is 23.4 Å². The first kappa shape index (κ1) is 19.0. The minimum absolute atomic E-state index is 0.0441. The van der Waals surface area contributed by atoms with Crippen LogP contribution in [0.1, 0.15) is 17.0 Å². The van der Waals surface area contributed by atoms with Gasteiger partial charge in [0.25, 0.3) is 11.1 Å². The topological polar surface area (TPSA) is 68.5 Å². The summed E-state index contributed by atoms with van der Waals surface area (Å²) in [5.41, 5.74) is 3.22. The summed E-state index contributed by atoms with van der Waals surface area (Å²) in [5, 5.41) is 8.27. The van der Waals surface area contributed by atoms with Crippen molar-refractivity contribution < 1.29 is 13.9 Å². The molecule has 140 valence electrons. The Morgan fingerprint density at radius 3 is 2.63 bits per heavy atom. The van der Waals surface area contributed by atoms with Gasteiger partial charge in [0.15, 0.2) is 6.61 Å². The first-order valence-electron chi connectivity index (χ1n) is 8.50. The molecule has 0 unspecified atom stereocenters. The highest BCUT2D eigenvalue weighted by Gasteiger charge is 2.14. The molecule has 0 fully saturated rings. The maximum atomic E-state index is 12.3. The number of hydrogen-bond donors (Lipinski definition) is 0. The summed E-state index contributed by atoms with van der Waals surface area (Å²) in [4.78, 5) is 13.9. The molecule has 0 aliphatic carbocycles. The molecule has 1 aromatic heterocycles. The Balaban J connectivity index is 1.50. The van der Waals surface area contributed by atoms with Crippen molar-refractivity contribution in [1.29, 1.82) is 0 Å². The summed E-state index contributed by atoms with van der Waals surface area (Å²) in [5.74, 6) is 1.30. The number of amides is 1. The van der Waals surface area contributed by atoms with E-state index in [1.54, 1.807) is 11.9 Å². The molecule has 27 heavy (non-hydrogen) atoms. The number of aryl methyl sites for hydroxylation is 2. The predicted molar refractivity (Wildman–Crippen MR) is 105 cm³/mol. The van der Waals surface area contributed by atoms with E-state index in [-0.39, 0.29) is 18.3 Å². The minimum Gasteiger partial charge on any atom is -0.484 e. The van der Waals surface area contributed by atoms with Crippen LogP contribution < -0.4 is 9.64 Å². The van der Waals surface area contributed by atoms with Crippen LogP contribution in [0.25, 0.3) is 0 Å². The Bertz CT molecular complexity index is 912. The van der Waals surface area contributed by atoms with Crippen molar-refractivity contribution in [2.45, 2.75) is 25.7 Å². The van der Waals surface area contributed by atoms with Gasteiger partial charge in [-0.25, -0.2) is 0 Å². The van der Waals surface area contributed by atoms with Crippen LogP contribution in [0.15, 0.2) is 58.2 Å². The van der Waals surface area contributed by atoms with Crippen molar-refractivity contribution in [3.05, 3.63) is 65.5 Å². The van der Waals surface area contributed by atoms with Crippen LogP contribution in [0.3, 0.4) is 0 Å². The molecule has 6 nitrogen and oxygen atoms in total. The summed E-state index contributed by atoms with van der Waals surface area (Å²) in [6.45, 7) is 4.28. The fourth-order valence-corrected chi connectivity index (χ4v) is 3.01. The van der Waals surface area contributed by atoms with Crippen LogP contribution in [-0.2, 0) is 11.4 Å². The first-order chi connectivity index (χ1) is 13.0. The molecule has 2 aromatic carbocycles. The molecule has 0 atom stereocenters. The van der Waals surface area contributed by atoms with E-state index >= 15 is 0 Å². The van der Waals surface area contributed by atoms with Gasteiger partial charge in [-0.2, -0.15) is 0 Å². The average molecular weight is 383 g/mol. The van der Waals surface area contributed by atoms with Crippen LogP contribution in [0.5, 0.6) is 5.75 Å². The Morgan fingerprint density at radius 1 is 1.11 bits per heavy atom. The van der Waals surface area contributed by atoms with Crippen molar-refractivity contribution in [3.8, 4) is 5.75 Å². The van der Waals surface area contributed by atoms with Gasteiger partial charge in [0.2, 0.25) is 5.91 Å². The molecule has 1 heterocycles. The lowest BCUT2D eigenvalue weighted by molar-refractivity contribution is -0.115. The zero-order valence-electron chi connectivity index (χ0n) is 15.5. The highest BCUT2D eigenvalue weighted by Crippen LogP contribution is 2.21. The van der Waals surface area contributed by atoms with Crippen molar-refractivity contribution in [2.75, 3.05) is 17.7 Å². The second kappa shape index (κ2) is 8.73. The van der Waals surface area contributed by atoms with Gasteiger partial charge in [-0.05, 0) is 49.2 Å². The molecule has 0 radical (unpaired) electrons. The Morgan fingerprint density at radius 2 is 1.89 bits per heavy atom.